The van der Waals surface area contributed by atoms with E-state index in [1.165, 1.54) is 11.6 Å². The van der Waals surface area contributed by atoms with Gasteiger partial charge in [0.15, 0.2) is 0 Å². The van der Waals surface area contributed by atoms with Crippen molar-refractivity contribution in [3.05, 3.63) is 119 Å². The van der Waals surface area contributed by atoms with Crippen LogP contribution >= 0.6 is 0 Å². The highest BCUT2D eigenvalue weighted by Gasteiger charge is 2.11. The molecule has 0 aliphatic heterocycles. The summed E-state index contributed by atoms with van der Waals surface area (Å²) in [6, 6.07) is 15.5. The summed E-state index contributed by atoms with van der Waals surface area (Å²) in [5.74, 6) is 0.231. The molecule has 0 unspecified atom stereocenters. The monoisotopic (exact) mass is 615 g/mol. The molecule has 0 heterocycles. The Morgan fingerprint density at radius 1 is 1.04 bits per heavy atom. The van der Waals surface area contributed by atoms with Gasteiger partial charge in [0, 0.05) is 50.7 Å². The maximum atomic E-state index is 12.6. The van der Waals surface area contributed by atoms with Crippen LogP contribution in [0.1, 0.15) is 50.3 Å². The van der Waals surface area contributed by atoms with Gasteiger partial charge in [0.2, 0.25) is 0 Å². The van der Waals surface area contributed by atoms with E-state index in [1.807, 2.05) is 61.5 Å². The van der Waals surface area contributed by atoms with Crippen LogP contribution in [0.2, 0.25) is 0 Å². The first-order chi connectivity index (χ1) is 21.8. The van der Waals surface area contributed by atoms with E-state index in [-0.39, 0.29) is 6.03 Å². The summed E-state index contributed by atoms with van der Waals surface area (Å²) >= 11 is 0. The van der Waals surface area contributed by atoms with Gasteiger partial charge < -0.3 is 20.7 Å². The number of carbonyl (C=O) groups is 2. The number of hydrogen-bond donors (Lipinski definition) is 5. The summed E-state index contributed by atoms with van der Waals surface area (Å²) in [6.45, 7) is 13.2. The van der Waals surface area contributed by atoms with Gasteiger partial charge in [0.25, 0.3) is 5.91 Å². The Balaban J connectivity index is 2.07. The van der Waals surface area contributed by atoms with E-state index in [1.54, 1.807) is 24.7 Å². The predicted octanol–water partition coefficient (Wildman–Crippen LogP) is 5.87. The van der Waals surface area contributed by atoms with Gasteiger partial charge in [-0.15, -0.1) is 0 Å². The highest BCUT2D eigenvalue weighted by molar-refractivity contribution is 5.90. The molecule has 242 valence electrons. The Morgan fingerprint density at radius 3 is 2.44 bits per heavy atom. The zero-order valence-electron chi connectivity index (χ0n) is 27.1. The lowest BCUT2D eigenvalue weighted by molar-refractivity contribution is -0.124. The third-order valence-corrected chi connectivity index (χ3v) is 7.24. The average molecular weight is 616 g/mol. The molecule has 9 heteroatoms. The fourth-order valence-electron chi connectivity index (χ4n) is 4.60. The average Bonchev–Trinajstić information content (AvgIpc) is 3.06. The molecule has 45 heavy (non-hydrogen) atoms. The number of nitrogens with zero attached hydrogens (tertiary/aromatic N) is 1. The van der Waals surface area contributed by atoms with Crippen LogP contribution in [0.5, 0.6) is 5.75 Å². The number of hydroxylamine groups is 1. The molecule has 2 aromatic rings. The predicted molar refractivity (Wildman–Crippen MR) is 183 cm³/mol. The Labute approximate surface area is 268 Å². The third kappa shape index (κ3) is 14.2. The number of rotatable bonds is 19. The minimum Gasteiger partial charge on any atom is -0.496 e. The second kappa shape index (κ2) is 21.2. The second-order valence-electron chi connectivity index (χ2n) is 10.4. The summed E-state index contributed by atoms with van der Waals surface area (Å²) in [5.41, 5.74) is 8.05. The third-order valence-electron chi connectivity index (χ3n) is 7.24. The van der Waals surface area contributed by atoms with Crippen molar-refractivity contribution in [3.63, 3.8) is 0 Å². The van der Waals surface area contributed by atoms with Crippen LogP contribution in [0.3, 0.4) is 0 Å². The van der Waals surface area contributed by atoms with Crippen molar-refractivity contribution in [1.82, 2.24) is 26.3 Å². The summed E-state index contributed by atoms with van der Waals surface area (Å²) in [4.78, 5) is 26.2. The molecule has 0 aromatic heterocycles. The normalized spacial score (nSPS) is 12.3. The van der Waals surface area contributed by atoms with Crippen LogP contribution in [0, 0.1) is 0 Å². The Kier molecular flexibility index (Phi) is 17.2. The fraction of sp³-hybridized carbons (Fsp3) is 0.333. The van der Waals surface area contributed by atoms with E-state index in [0.717, 1.165) is 53.1 Å². The van der Waals surface area contributed by atoms with Crippen molar-refractivity contribution in [3.8, 4) is 5.75 Å². The number of para-hydroxylation sites is 1. The van der Waals surface area contributed by atoms with Crippen molar-refractivity contribution >= 4 is 18.0 Å². The van der Waals surface area contributed by atoms with Gasteiger partial charge in [-0.05, 0) is 73.1 Å². The van der Waals surface area contributed by atoms with Crippen LogP contribution in [0.25, 0.3) is 6.08 Å². The molecule has 0 radical (unpaired) electrons. The molecule has 5 N–H and O–H groups in total. The summed E-state index contributed by atoms with van der Waals surface area (Å²) in [6.07, 6.45) is 13.3. The standard InChI is InChI=1S/C36H49N5O4/c1-6-11-28(4)32(26-39-33(7-2)8-3)21-24-41(27-30-16-14-29(15-17-30)18-19-35(42)40-44)25-23-38-36(43)37-22-20-31-12-9-10-13-34(31)45-5/h6-7,9-19,26,39,44H,1,8,20-25,27H2,2-5H3,(H,40,42)(H2,37,38,43)/b19-18+,28-11+,32-26-,33-7+. The van der Waals surface area contributed by atoms with Crippen molar-refractivity contribution in [2.45, 2.75) is 46.6 Å². The topological polar surface area (TPSA) is 115 Å². The summed E-state index contributed by atoms with van der Waals surface area (Å²) in [7, 11) is 1.65. The molecule has 0 fully saturated rings. The van der Waals surface area contributed by atoms with Gasteiger partial charge in [-0.3, -0.25) is 14.9 Å². The first kappa shape index (κ1) is 36.6. The molecule has 2 rings (SSSR count). The van der Waals surface area contributed by atoms with E-state index in [2.05, 4.69) is 53.6 Å². The van der Waals surface area contributed by atoms with Gasteiger partial charge in [-0.1, -0.05) is 74.2 Å². The molecule has 0 saturated carbocycles. The lowest BCUT2D eigenvalue weighted by atomic mass is 10.0. The van der Waals surface area contributed by atoms with E-state index in [0.29, 0.717) is 32.6 Å². The Hall–Kier alpha value is -4.60. The number of methoxy groups -OCH3 is 1. The van der Waals surface area contributed by atoms with Gasteiger partial charge in [-0.2, -0.15) is 0 Å². The second-order valence-corrected chi connectivity index (χ2v) is 10.4. The number of urea groups is 1. The minimum atomic E-state index is -0.582. The van der Waals surface area contributed by atoms with Crippen LogP contribution in [-0.2, 0) is 17.8 Å². The molecule has 3 amide bonds. The van der Waals surface area contributed by atoms with Gasteiger partial charge >= 0.3 is 6.03 Å². The zero-order chi connectivity index (χ0) is 32.9. The van der Waals surface area contributed by atoms with E-state index in [9.17, 15) is 9.59 Å². The SMILES string of the molecule is C=C/C=C(C)/C(=C\N/C(=C/C)CC)CCN(CCNC(=O)NCCc1ccccc1OC)Cc1ccc(/C=C/C(=O)NO)cc1. The van der Waals surface area contributed by atoms with Gasteiger partial charge in [0.1, 0.15) is 5.75 Å². The Bertz CT molecular complexity index is 1350. The smallest absolute Gasteiger partial charge is 0.314 e. The molecule has 0 aliphatic carbocycles. The molecule has 0 saturated heterocycles. The number of benzene rings is 2. The fourth-order valence-corrected chi connectivity index (χ4v) is 4.60. The molecule has 0 bridgehead atoms. The minimum absolute atomic E-state index is 0.208. The summed E-state index contributed by atoms with van der Waals surface area (Å²) in [5, 5.41) is 18.1. The van der Waals surface area contributed by atoms with Crippen molar-refractivity contribution < 1.29 is 19.5 Å². The Morgan fingerprint density at radius 2 is 1.78 bits per heavy atom. The molecule has 0 atom stereocenters. The molecule has 0 spiro atoms. The number of allylic oxidation sites excluding steroid dienone is 5. The van der Waals surface area contributed by atoms with Crippen LogP contribution in [0.4, 0.5) is 4.79 Å². The van der Waals surface area contributed by atoms with Crippen LogP contribution < -0.4 is 26.2 Å². The van der Waals surface area contributed by atoms with Gasteiger partial charge in [-0.25, -0.2) is 10.3 Å². The highest BCUT2D eigenvalue weighted by Crippen LogP contribution is 2.18. The number of ether oxygens (including phenoxy) is 1. The number of nitrogens with one attached hydrogen (secondary N) is 4. The summed E-state index contributed by atoms with van der Waals surface area (Å²) < 4.78 is 5.40. The van der Waals surface area contributed by atoms with E-state index >= 15 is 0 Å². The van der Waals surface area contributed by atoms with Crippen LogP contribution in [0.15, 0.2) is 102 Å². The molecular weight excluding hydrogens is 566 g/mol. The quantitative estimate of drug-likeness (QED) is 0.0585. The maximum Gasteiger partial charge on any atom is 0.314 e. The van der Waals surface area contributed by atoms with Crippen LogP contribution in [-0.4, -0.2) is 55.3 Å². The zero-order valence-corrected chi connectivity index (χ0v) is 27.1. The maximum absolute atomic E-state index is 12.6. The largest absolute Gasteiger partial charge is 0.496 e. The van der Waals surface area contributed by atoms with E-state index < -0.39 is 5.91 Å². The lowest BCUT2D eigenvalue weighted by Crippen LogP contribution is -2.41. The van der Waals surface area contributed by atoms with Gasteiger partial charge in [0.05, 0.1) is 7.11 Å². The van der Waals surface area contributed by atoms with Crippen molar-refractivity contribution in [2.75, 3.05) is 33.3 Å². The van der Waals surface area contributed by atoms with Crippen molar-refractivity contribution in [2.24, 2.45) is 0 Å². The lowest BCUT2D eigenvalue weighted by Gasteiger charge is -2.24. The molecule has 9 nitrogen and oxygen atoms in total. The number of amides is 3. The first-order valence-electron chi connectivity index (χ1n) is 15.3. The molecule has 2 aromatic carbocycles. The highest BCUT2D eigenvalue weighted by atomic mass is 16.5. The first-order valence-corrected chi connectivity index (χ1v) is 15.3. The van der Waals surface area contributed by atoms with Crippen molar-refractivity contribution in [1.29, 1.82) is 0 Å². The molecule has 0 aliphatic rings. The van der Waals surface area contributed by atoms with E-state index in [4.69, 9.17) is 9.94 Å². The molecular formula is C36H49N5O4. The number of hydrogen-bond acceptors (Lipinski definition) is 6. The number of carbonyl (C=O) groups excluding carboxylic acids is 2.